The number of rotatable bonds is 2. The minimum Gasteiger partial charge on any atom is -0.326 e. The second kappa shape index (κ2) is 6.11. The molecule has 2 unspecified atom stereocenters. The number of ketones is 1. The van der Waals surface area contributed by atoms with Gasteiger partial charge in [0.1, 0.15) is 0 Å². The fourth-order valence-corrected chi connectivity index (χ4v) is 1.38. The highest BCUT2D eigenvalue weighted by Gasteiger charge is 2.28. The Bertz CT molecular complexity index is 157. The molecule has 1 aliphatic rings. The van der Waals surface area contributed by atoms with Crippen molar-refractivity contribution < 1.29 is 4.79 Å². The van der Waals surface area contributed by atoms with Crippen LogP contribution in [0.15, 0.2) is 0 Å². The predicted octanol–water partition coefficient (Wildman–Crippen LogP) is 0.927. The molecule has 0 aromatic rings. The summed E-state index contributed by atoms with van der Waals surface area (Å²) in [5.41, 5.74) is 5.65. The molecule has 0 aliphatic carbocycles. The zero-order valence-corrected chi connectivity index (χ0v) is 9.13. The lowest BCUT2D eigenvalue weighted by molar-refractivity contribution is -0.123. The standard InChI is InChI=1S/C8H16N2O.C2H6/c1-5(2)8(11)7-3-6(9)4-10-7;1-2/h5-7,10H,3-4,9H2,1-2H3;1-2H3. The second-order valence-corrected chi connectivity index (χ2v) is 3.51. The van der Waals surface area contributed by atoms with Gasteiger partial charge in [0.05, 0.1) is 6.04 Å². The van der Waals surface area contributed by atoms with Crippen LogP contribution in [-0.4, -0.2) is 24.4 Å². The number of Topliss-reactive ketones (excluding diaryl/α,β-unsaturated/α-hetero) is 1. The molecule has 0 spiro atoms. The maximum absolute atomic E-state index is 11.4. The van der Waals surface area contributed by atoms with Gasteiger partial charge in [-0.3, -0.25) is 4.79 Å². The summed E-state index contributed by atoms with van der Waals surface area (Å²) in [7, 11) is 0. The highest BCUT2D eigenvalue weighted by atomic mass is 16.1. The Morgan fingerprint density at radius 2 is 2.00 bits per heavy atom. The van der Waals surface area contributed by atoms with Crippen LogP contribution in [0.1, 0.15) is 34.1 Å². The topological polar surface area (TPSA) is 55.1 Å². The molecule has 0 aromatic heterocycles. The molecule has 1 aliphatic heterocycles. The van der Waals surface area contributed by atoms with Crippen LogP contribution < -0.4 is 11.1 Å². The number of nitrogens with two attached hydrogens (primary N) is 1. The summed E-state index contributed by atoms with van der Waals surface area (Å²) in [4.78, 5) is 11.4. The number of nitrogens with one attached hydrogen (secondary N) is 1. The first-order chi connectivity index (χ1) is 6.11. The van der Waals surface area contributed by atoms with E-state index in [1.807, 2.05) is 27.7 Å². The zero-order chi connectivity index (χ0) is 10.4. The molecule has 3 N–H and O–H groups in total. The van der Waals surface area contributed by atoms with E-state index in [4.69, 9.17) is 5.73 Å². The molecule has 1 saturated heterocycles. The van der Waals surface area contributed by atoms with E-state index >= 15 is 0 Å². The van der Waals surface area contributed by atoms with Crippen molar-refractivity contribution in [1.82, 2.24) is 5.32 Å². The molecule has 0 aromatic carbocycles. The van der Waals surface area contributed by atoms with Gasteiger partial charge in [0.2, 0.25) is 0 Å². The largest absolute Gasteiger partial charge is 0.326 e. The average Bonchev–Trinajstić information content (AvgIpc) is 2.54. The molecular formula is C10H22N2O. The first-order valence-electron chi connectivity index (χ1n) is 5.14. The Hall–Kier alpha value is -0.410. The summed E-state index contributed by atoms with van der Waals surface area (Å²) in [5.74, 6) is 0.413. The summed E-state index contributed by atoms with van der Waals surface area (Å²) in [6, 6.07) is 0.188. The van der Waals surface area contributed by atoms with Crippen molar-refractivity contribution in [3.05, 3.63) is 0 Å². The molecule has 78 valence electrons. The summed E-state index contributed by atoms with van der Waals surface area (Å²) < 4.78 is 0. The lowest BCUT2D eigenvalue weighted by atomic mass is 10.00. The lowest BCUT2D eigenvalue weighted by Crippen LogP contribution is -2.33. The third-order valence-corrected chi connectivity index (χ3v) is 2.08. The van der Waals surface area contributed by atoms with Gasteiger partial charge < -0.3 is 11.1 Å². The quantitative estimate of drug-likeness (QED) is 0.674. The van der Waals surface area contributed by atoms with Crippen molar-refractivity contribution in [3.63, 3.8) is 0 Å². The third-order valence-electron chi connectivity index (χ3n) is 2.08. The highest BCUT2D eigenvalue weighted by molar-refractivity contribution is 5.86. The van der Waals surface area contributed by atoms with Gasteiger partial charge in [-0.2, -0.15) is 0 Å². The molecule has 3 nitrogen and oxygen atoms in total. The van der Waals surface area contributed by atoms with Gasteiger partial charge in [-0.15, -0.1) is 0 Å². The summed E-state index contributed by atoms with van der Waals surface area (Å²) in [6.07, 6.45) is 0.803. The fourth-order valence-electron chi connectivity index (χ4n) is 1.38. The predicted molar refractivity (Wildman–Crippen MR) is 55.6 cm³/mol. The van der Waals surface area contributed by atoms with Crippen LogP contribution >= 0.6 is 0 Å². The van der Waals surface area contributed by atoms with E-state index in [2.05, 4.69) is 5.32 Å². The molecule has 0 amide bonds. The number of hydrogen-bond donors (Lipinski definition) is 2. The number of hydrogen-bond acceptors (Lipinski definition) is 3. The molecule has 2 atom stereocenters. The Balaban J connectivity index is 0.000000671. The third kappa shape index (κ3) is 3.87. The molecule has 0 radical (unpaired) electrons. The molecule has 1 fully saturated rings. The van der Waals surface area contributed by atoms with E-state index in [-0.39, 0.29) is 23.8 Å². The van der Waals surface area contributed by atoms with Crippen molar-refractivity contribution in [1.29, 1.82) is 0 Å². The Labute approximate surface area is 81.1 Å². The van der Waals surface area contributed by atoms with Crippen molar-refractivity contribution >= 4 is 5.78 Å². The van der Waals surface area contributed by atoms with Crippen LogP contribution in [0, 0.1) is 5.92 Å². The first-order valence-corrected chi connectivity index (χ1v) is 5.14. The van der Waals surface area contributed by atoms with Gasteiger partial charge in [-0.25, -0.2) is 0 Å². The lowest BCUT2D eigenvalue weighted by Gasteiger charge is -2.10. The Kier molecular flexibility index (Phi) is 5.91. The number of carbonyl (C=O) groups excluding carboxylic acids is 1. The molecule has 1 heterocycles. The van der Waals surface area contributed by atoms with E-state index in [1.165, 1.54) is 0 Å². The second-order valence-electron chi connectivity index (χ2n) is 3.51. The van der Waals surface area contributed by atoms with Crippen molar-refractivity contribution in [2.24, 2.45) is 11.7 Å². The van der Waals surface area contributed by atoms with E-state index in [0.717, 1.165) is 13.0 Å². The minimum atomic E-state index is 0.0185. The van der Waals surface area contributed by atoms with Gasteiger partial charge in [0, 0.05) is 18.5 Å². The van der Waals surface area contributed by atoms with Gasteiger partial charge in [0.15, 0.2) is 5.78 Å². The average molecular weight is 186 g/mol. The highest BCUT2D eigenvalue weighted by Crippen LogP contribution is 2.09. The van der Waals surface area contributed by atoms with E-state index in [1.54, 1.807) is 0 Å². The van der Waals surface area contributed by atoms with E-state index < -0.39 is 0 Å². The van der Waals surface area contributed by atoms with Crippen LogP contribution in [0.3, 0.4) is 0 Å². The normalized spacial score (nSPS) is 26.9. The number of carbonyl (C=O) groups is 1. The van der Waals surface area contributed by atoms with Crippen LogP contribution in [0.5, 0.6) is 0 Å². The zero-order valence-electron chi connectivity index (χ0n) is 9.13. The summed E-state index contributed by atoms with van der Waals surface area (Å²) in [5, 5.41) is 3.11. The van der Waals surface area contributed by atoms with Crippen molar-refractivity contribution in [2.75, 3.05) is 6.54 Å². The van der Waals surface area contributed by atoms with Gasteiger partial charge >= 0.3 is 0 Å². The van der Waals surface area contributed by atoms with Gasteiger partial charge in [-0.05, 0) is 6.42 Å². The molecule has 3 heteroatoms. The SMILES string of the molecule is CC.CC(C)C(=O)C1CC(N)CN1. The minimum absolute atomic E-state index is 0.0185. The maximum atomic E-state index is 11.4. The molecule has 13 heavy (non-hydrogen) atoms. The molecule has 0 saturated carbocycles. The van der Waals surface area contributed by atoms with Crippen LogP contribution in [0.4, 0.5) is 0 Å². The Morgan fingerprint density at radius 3 is 2.31 bits per heavy atom. The molecule has 1 rings (SSSR count). The van der Waals surface area contributed by atoms with Crippen LogP contribution in [0.2, 0.25) is 0 Å². The van der Waals surface area contributed by atoms with Gasteiger partial charge in [-0.1, -0.05) is 27.7 Å². The molecular weight excluding hydrogens is 164 g/mol. The maximum Gasteiger partial charge on any atom is 0.152 e. The summed E-state index contributed by atoms with van der Waals surface area (Å²) in [6.45, 7) is 8.63. The first kappa shape index (κ1) is 12.6. The van der Waals surface area contributed by atoms with Gasteiger partial charge in [0.25, 0.3) is 0 Å². The summed E-state index contributed by atoms with van der Waals surface area (Å²) >= 11 is 0. The fraction of sp³-hybridized carbons (Fsp3) is 0.900. The molecule has 0 bridgehead atoms. The van der Waals surface area contributed by atoms with Crippen LogP contribution in [0.25, 0.3) is 0 Å². The van der Waals surface area contributed by atoms with E-state index in [9.17, 15) is 4.79 Å². The monoisotopic (exact) mass is 186 g/mol. The smallest absolute Gasteiger partial charge is 0.152 e. The Morgan fingerprint density at radius 1 is 1.46 bits per heavy atom. The van der Waals surface area contributed by atoms with Crippen molar-refractivity contribution in [3.8, 4) is 0 Å². The van der Waals surface area contributed by atoms with Crippen molar-refractivity contribution in [2.45, 2.75) is 46.2 Å². The van der Waals surface area contributed by atoms with Crippen LogP contribution in [-0.2, 0) is 4.79 Å². The van der Waals surface area contributed by atoms with E-state index in [0.29, 0.717) is 0 Å².